The molecule has 174 valence electrons. The Kier molecular flexibility index (Phi) is 6.42. The highest BCUT2D eigenvalue weighted by Crippen LogP contribution is 2.24. The topological polar surface area (TPSA) is 96.0 Å². The molecule has 0 atom stereocenters. The fraction of sp³-hybridized carbons (Fsp3) is 0.0833. The summed E-state index contributed by atoms with van der Waals surface area (Å²) in [5.41, 5.74) is 3.50. The minimum Gasteiger partial charge on any atom is -0.340 e. The monoisotopic (exact) mass is 481 g/mol. The molecule has 0 radical (unpaired) electrons. The van der Waals surface area contributed by atoms with Crippen molar-refractivity contribution >= 4 is 38.9 Å². The standard InChI is InChI=1S/C24H21F2N5O2S/c1-15-6-8-18(9-7-15)29-24-27-16(2)14-22(30-24)28-17-10-12-19(13-11-17)31-34(32,33)23-20(25)4-3-5-21(23)26/h3-14,31H,1-2H3,(H2,27,28,29,30). The number of hydrogen-bond acceptors (Lipinski definition) is 6. The SMILES string of the molecule is Cc1ccc(Nc2nc(C)cc(Nc3ccc(NS(=O)(=O)c4c(F)cccc4F)cc3)n2)cc1. The molecular formula is C24H21F2N5O2S. The van der Waals surface area contributed by atoms with E-state index in [-0.39, 0.29) is 5.69 Å². The lowest BCUT2D eigenvalue weighted by atomic mass is 10.2. The molecular weight excluding hydrogens is 460 g/mol. The van der Waals surface area contributed by atoms with E-state index in [0.717, 1.165) is 35.1 Å². The third-order valence-electron chi connectivity index (χ3n) is 4.76. The van der Waals surface area contributed by atoms with Crippen LogP contribution in [0.4, 0.5) is 37.6 Å². The predicted octanol–water partition coefficient (Wildman–Crippen LogP) is 5.66. The van der Waals surface area contributed by atoms with Crippen LogP contribution in [0.15, 0.2) is 77.7 Å². The fourth-order valence-corrected chi connectivity index (χ4v) is 4.37. The molecule has 0 saturated carbocycles. The second kappa shape index (κ2) is 9.44. The average Bonchev–Trinajstić information content (AvgIpc) is 2.76. The van der Waals surface area contributed by atoms with Gasteiger partial charge in [-0.1, -0.05) is 23.8 Å². The van der Waals surface area contributed by atoms with Gasteiger partial charge in [0.15, 0.2) is 4.90 Å². The van der Waals surface area contributed by atoms with Crippen molar-refractivity contribution in [1.29, 1.82) is 0 Å². The summed E-state index contributed by atoms with van der Waals surface area (Å²) in [6.07, 6.45) is 0. The number of aryl methyl sites for hydroxylation is 2. The van der Waals surface area contributed by atoms with Gasteiger partial charge in [0.1, 0.15) is 17.5 Å². The van der Waals surface area contributed by atoms with Gasteiger partial charge in [0.05, 0.1) is 0 Å². The number of rotatable bonds is 7. The van der Waals surface area contributed by atoms with Crippen LogP contribution in [0.25, 0.3) is 0 Å². The number of sulfonamides is 1. The first-order valence-electron chi connectivity index (χ1n) is 10.2. The van der Waals surface area contributed by atoms with Gasteiger partial charge >= 0.3 is 0 Å². The highest BCUT2D eigenvalue weighted by Gasteiger charge is 2.23. The zero-order chi connectivity index (χ0) is 24.3. The Bertz CT molecular complexity index is 1410. The van der Waals surface area contributed by atoms with Crippen molar-refractivity contribution in [2.45, 2.75) is 18.7 Å². The first-order valence-corrected chi connectivity index (χ1v) is 11.7. The van der Waals surface area contributed by atoms with Crippen LogP contribution in [-0.4, -0.2) is 18.4 Å². The Morgan fingerprint density at radius 1 is 0.735 bits per heavy atom. The van der Waals surface area contributed by atoms with Gasteiger partial charge in [0.25, 0.3) is 10.0 Å². The van der Waals surface area contributed by atoms with Gasteiger partial charge < -0.3 is 10.6 Å². The Labute approximate surface area is 196 Å². The summed E-state index contributed by atoms with van der Waals surface area (Å²) in [4.78, 5) is 7.82. The van der Waals surface area contributed by atoms with Gasteiger partial charge in [-0.25, -0.2) is 22.2 Å². The van der Waals surface area contributed by atoms with Gasteiger partial charge in [-0.15, -0.1) is 0 Å². The van der Waals surface area contributed by atoms with Crippen LogP contribution in [0.1, 0.15) is 11.3 Å². The number of hydrogen-bond donors (Lipinski definition) is 3. The van der Waals surface area contributed by atoms with E-state index < -0.39 is 26.6 Å². The molecule has 0 aliphatic carbocycles. The first kappa shape index (κ1) is 23.1. The molecule has 0 amide bonds. The summed E-state index contributed by atoms with van der Waals surface area (Å²) in [5.74, 6) is -1.38. The van der Waals surface area contributed by atoms with E-state index in [1.165, 1.54) is 12.1 Å². The molecule has 10 heteroatoms. The maximum absolute atomic E-state index is 13.9. The Morgan fingerprint density at radius 2 is 1.29 bits per heavy atom. The van der Waals surface area contributed by atoms with Crippen molar-refractivity contribution in [3.8, 4) is 0 Å². The summed E-state index contributed by atoms with van der Waals surface area (Å²) in [6.45, 7) is 3.84. The first-order chi connectivity index (χ1) is 16.2. The van der Waals surface area contributed by atoms with Gasteiger partial charge in [-0.2, -0.15) is 4.98 Å². The van der Waals surface area contributed by atoms with E-state index in [1.807, 2.05) is 38.1 Å². The summed E-state index contributed by atoms with van der Waals surface area (Å²) >= 11 is 0. The van der Waals surface area contributed by atoms with Crippen molar-refractivity contribution in [2.75, 3.05) is 15.4 Å². The third-order valence-corrected chi connectivity index (χ3v) is 6.19. The van der Waals surface area contributed by atoms with E-state index in [9.17, 15) is 17.2 Å². The van der Waals surface area contributed by atoms with Gasteiger partial charge in [-0.05, 0) is 62.4 Å². The van der Waals surface area contributed by atoms with Crippen LogP contribution in [-0.2, 0) is 10.0 Å². The lowest BCUT2D eigenvalue weighted by Crippen LogP contribution is -2.16. The second-order valence-corrected chi connectivity index (χ2v) is 9.19. The molecule has 0 unspecified atom stereocenters. The molecule has 0 spiro atoms. The van der Waals surface area contributed by atoms with Crippen LogP contribution in [0.3, 0.4) is 0 Å². The molecule has 0 bridgehead atoms. The molecule has 0 saturated heterocycles. The zero-order valence-corrected chi connectivity index (χ0v) is 19.1. The number of benzene rings is 3. The zero-order valence-electron chi connectivity index (χ0n) is 18.3. The molecule has 4 rings (SSSR count). The Hall–Kier alpha value is -4.05. The van der Waals surface area contributed by atoms with Gasteiger partial charge in [0, 0.05) is 28.8 Å². The van der Waals surface area contributed by atoms with Crippen LogP contribution in [0.5, 0.6) is 0 Å². The van der Waals surface area contributed by atoms with E-state index in [4.69, 9.17) is 0 Å². The molecule has 0 aliphatic heterocycles. The summed E-state index contributed by atoms with van der Waals surface area (Å²) < 4.78 is 54.8. The van der Waals surface area contributed by atoms with Crippen LogP contribution < -0.4 is 15.4 Å². The number of nitrogens with one attached hydrogen (secondary N) is 3. The Morgan fingerprint density at radius 3 is 1.94 bits per heavy atom. The van der Waals surface area contributed by atoms with Crippen molar-refractivity contribution in [3.63, 3.8) is 0 Å². The molecule has 4 aromatic rings. The number of nitrogens with zero attached hydrogens (tertiary/aromatic N) is 2. The maximum Gasteiger partial charge on any atom is 0.267 e. The average molecular weight is 482 g/mol. The molecule has 0 fully saturated rings. The van der Waals surface area contributed by atoms with Crippen LogP contribution in [0.2, 0.25) is 0 Å². The van der Waals surface area contributed by atoms with Crippen LogP contribution in [0, 0.1) is 25.5 Å². The lowest BCUT2D eigenvalue weighted by molar-refractivity contribution is 0.521. The van der Waals surface area contributed by atoms with Gasteiger partial charge in [0.2, 0.25) is 5.95 Å². The summed E-state index contributed by atoms with van der Waals surface area (Å²) in [7, 11) is -4.44. The minimum absolute atomic E-state index is 0.147. The summed E-state index contributed by atoms with van der Waals surface area (Å²) in [6, 6.07) is 18.6. The molecule has 1 heterocycles. The number of halogens is 2. The highest BCUT2D eigenvalue weighted by atomic mass is 32.2. The Balaban J connectivity index is 1.48. The van der Waals surface area contributed by atoms with Crippen molar-refractivity contribution in [2.24, 2.45) is 0 Å². The second-order valence-electron chi connectivity index (χ2n) is 7.57. The minimum atomic E-state index is -4.44. The van der Waals surface area contributed by atoms with E-state index in [1.54, 1.807) is 18.2 Å². The smallest absolute Gasteiger partial charge is 0.267 e. The molecule has 0 aliphatic rings. The number of aromatic nitrogens is 2. The quantitative estimate of drug-likeness (QED) is 0.315. The lowest BCUT2D eigenvalue weighted by Gasteiger charge is -2.12. The van der Waals surface area contributed by atoms with E-state index in [0.29, 0.717) is 17.5 Å². The summed E-state index contributed by atoms with van der Waals surface area (Å²) in [5, 5.41) is 6.29. The molecule has 3 N–H and O–H groups in total. The van der Waals surface area contributed by atoms with E-state index in [2.05, 4.69) is 25.3 Å². The predicted molar refractivity (Wildman–Crippen MR) is 128 cm³/mol. The largest absolute Gasteiger partial charge is 0.340 e. The molecule has 1 aromatic heterocycles. The van der Waals surface area contributed by atoms with E-state index >= 15 is 0 Å². The number of anilines is 5. The normalized spacial score (nSPS) is 11.2. The molecule has 3 aromatic carbocycles. The fourth-order valence-electron chi connectivity index (χ4n) is 3.17. The molecule has 34 heavy (non-hydrogen) atoms. The van der Waals surface area contributed by atoms with Crippen LogP contribution >= 0.6 is 0 Å². The van der Waals surface area contributed by atoms with Gasteiger partial charge in [-0.3, -0.25) is 4.72 Å². The maximum atomic E-state index is 13.9. The van der Waals surface area contributed by atoms with Crippen molar-refractivity contribution in [3.05, 3.63) is 95.7 Å². The van der Waals surface area contributed by atoms with Crippen molar-refractivity contribution in [1.82, 2.24) is 9.97 Å². The molecule has 7 nitrogen and oxygen atoms in total. The highest BCUT2D eigenvalue weighted by molar-refractivity contribution is 7.92. The third kappa shape index (κ3) is 5.46. The van der Waals surface area contributed by atoms with Crippen molar-refractivity contribution < 1.29 is 17.2 Å².